The number of nitrogens with one attached hydrogen (secondary N) is 1. The van der Waals surface area contributed by atoms with E-state index < -0.39 is 10.0 Å². The van der Waals surface area contributed by atoms with Gasteiger partial charge >= 0.3 is 0 Å². The highest BCUT2D eigenvalue weighted by Crippen LogP contribution is 2.23. The zero-order chi connectivity index (χ0) is 18.1. The average molecular weight is 387 g/mol. The maximum absolute atomic E-state index is 12.5. The van der Waals surface area contributed by atoms with Gasteiger partial charge in [0, 0.05) is 24.3 Å². The molecule has 134 valence electrons. The van der Waals surface area contributed by atoms with Gasteiger partial charge in [-0.25, -0.2) is 13.4 Å². The Labute approximate surface area is 155 Å². The van der Waals surface area contributed by atoms with Crippen molar-refractivity contribution in [3.05, 3.63) is 53.5 Å². The average Bonchev–Trinajstić information content (AvgIpc) is 3.33. The molecule has 1 aliphatic heterocycles. The van der Waals surface area contributed by atoms with Gasteiger partial charge in [-0.1, -0.05) is 0 Å². The molecule has 1 saturated heterocycles. The third-order valence-corrected chi connectivity index (χ3v) is 7.11. The van der Waals surface area contributed by atoms with Crippen molar-refractivity contribution >= 4 is 43.2 Å². The van der Waals surface area contributed by atoms with Gasteiger partial charge in [0.15, 0.2) is 0 Å². The number of sulfonamides is 1. The molecule has 2 heterocycles. The Bertz CT molecular complexity index is 1050. The summed E-state index contributed by atoms with van der Waals surface area (Å²) in [4.78, 5) is 16.9. The third kappa shape index (κ3) is 3.23. The second-order valence-electron chi connectivity index (χ2n) is 6.12. The highest BCUT2D eigenvalue weighted by Gasteiger charge is 2.27. The first-order valence-electron chi connectivity index (χ1n) is 8.29. The van der Waals surface area contributed by atoms with E-state index >= 15 is 0 Å². The normalized spacial score (nSPS) is 15.4. The van der Waals surface area contributed by atoms with Crippen molar-refractivity contribution in [2.45, 2.75) is 17.7 Å². The molecular formula is C18H17N3O3S2. The summed E-state index contributed by atoms with van der Waals surface area (Å²) in [6, 6.07) is 11.6. The molecule has 0 aliphatic carbocycles. The fraction of sp³-hybridized carbons (Fsp3) is 0.222. The zero-order valence-electron chi connectivity index (χ0n) is 13.9. The Kier molecular flexibility index (Phi) is 4.47. The summed E-state index contributed by atoms with van der Waals surface area (Å²) in [6.07, 6.45) is 1.79. The van der Waals surface area contributed by atoms with Crippen molar-refractivity contribution in [3.63, 3.8) is 0 Å². The van der Waals surface area contributed by atoms with E-state index in [1.54, 1.807) is 23.7 Å². The first-order chi connectivity index (χ1) is 12.5. The summed E-state index contributed by atoms with van der Waals surface area (Å²) in [6.45, 7) is 1.12. The fourth-order valence-electron chi connectivity index (χ4n) is 2.99. The van der Waals surface area contributed by atoms with Gasteiger partial charge in [0.2, 0.25) is 10.0 Å². The Balaban J connectivity index is 1.51. The standard InChI is InChI=1S/C18H17N3O3S2/c22-18(20-14-5-8-16-17(11-14)25-12-19-16)13-3-6-15(7-4-13)26(23,24)21-9-1-2-10-21/h3-8,11-12H,1-2,9-10H2,(H,20,22). The van der Waals surface area contributed by atoms with Crippen LogP contribution in [0.4, 0.5) is 5.69 Å². The van der Waals surface area contributed by atoms with Crippen LogP contribution in [-0.2, 0) is 10.0 Å². The maximum atomic E-state index is 12.5. The minimum absolute atomic E-state index is 0.224. The third-order valence-electron chi connectivity index (χ3n) is 4.41. The van der Waals surface area contributed by atoms with Gasteiger partial charge in [0.05, 0.1) is 20.6 Å². The van der Waals surface area contributed by atoms with Crippen LogP contribution in [-0.4, -0.2) is 36.7 Å². The lowest BCUT2D eigenvalue weighted by Crippen LogP contribution is -2.27. The summed E-state index contributed by atoms with van der Waals surface area (Å²) in [5.41, 5.74) is 3.75. The van der Waals surface area contributed by atoms with E-state index in [2.05, 4.69) is 10.3 Å². The predicted octanol–water partition coefficient (Wildman–Crippen LogP) is 3.33. The Morgan fingerprint density at radius 1 is 1.08 bits per heavy atom. The Hall–Kier alpha value is -2.29. The van der Waals surface area contributed by atoms with E-state index in [1.165, 1.54) is 27.8 Å². The van der Waals surface area contributed by atoms with Crippen LogP contribution >= 0.6 is 11.3 Å². The van der Waals surface area contributed by atoms with Gasteiger partial charge in [0.1, 0.15) is 0 Å². The Morgan fingerprint density at radius 2 is 1.81 bits per heavy atom. The molecule has 1 fully saturated rings. The molecule has 0 saturated carbocycles. The number of amides is 1. The molecule has 0 bridgehead atoms. The molecular weight excluding hydrogens is 370 g/mol. The molecule has 3 aromatic rings. The van der Waals surface area contributed by atoms with E-state index in [-0.39, 0.29) is 10.8 Å². The van der Waals surface area contributed by atoms with E-state index in [0.29, 0.717) is 24.3 Å². The van der Waals surface area contributed by atoms with Crippen molar-refractivity contribution in [1.82, 2.24) is 9.29 Å². The van der Waals surface area contributed by atoms with E-state index in [1.807, 2.05) is 12.1 Å². The minimum Gasteiger partial charge on any atom is -0.322 e. The molecule has 2 aromatic carbocycles. The molecule has 0 radical (unpaired) electrons. The smallest absolute Gasteiger partial charge is 0.255 e. The topological polar surface area (TPSA) is 79.4 Å². The number of fused-ring (bicyclic) bond motifs is 1. The summed E-state index contributed by atoms with van der Waals surface area (Å²) in [5, 5.41) is 2.83. The molecule has 8 heteroatoms. The molecule has 1 amide bonds. The first kappa shape index (κ1) is 17.1. The second-order valence-corrected chi connectivity index (χ2v) is 8.95. The van der Waals surface area contributed by atoms with Gasteiger partial charge in [-0.2, -0.15) is 4.31 Å². The largest absolute Gasteiger partial charge is 0.322 e. The quantitative estimate of drug-likeness (QED) is 0.745. The predicted molar refractivity (Wildman–Crippen MR) is 102 cm³/mol. The molecule has 1 aromatic heterocycles. The lowest BCUT2D eigenvalue weighted by molar-refractivity contribution is 0.102. The highest BCUT2D eigenvalue weighted by atomic mass is 32.2. The number of anilines is 1. The van der Waals surface area contributed by atoms with Crippen LogP contribution in [0.15, 0.2) is 52.9 Å². The van der Waals surface area contributed by atoms with Crippen molar-refractivity contribution < 1.29 is 13.2 Å². The lowest BCUT2D eigenvalue weighted by Gasteiger charge is -2.15. The number of aromatic nitrogens is 1. The molecule has 6 nitrogen and oxygen atoms in total. The van der Waals surface area contributed by atoms with Gasteiger partial charge in [0.25, 0.3) is 5.91 Å². The van der Waals surface area contributed by atoms with E-state index in [4.69, 9.17) is 0 Å². The summed E-state index contributed by atoms with van der Waals surface area (Å²) in [7, 11) is -3.46. The molecule has 26 heavy (non-hydrogen) atoms. The second kappa shape index (κ2) is 6.79. The molecule has 0 spiro atoms. The van der Waals surface area contributed by atoms with Gasteiger partial charge in [-0.05, 0) is 55.3 Å². The number of thiazole rings is 1. The van der Waals surface area contributed by atoms with Crippen molar-refractivity contribution in [3.8, 4) is 0 Å². The van der Waals surface area contributed by atoms with E-state index in [9.17, 15) is 13.2 Å². The molecule has 0 atom stereocenters. The first-order valence-corrected chi connectivity index (χ1v) is 10.6. The van der Waals surface area contributed by atoms with Gasteiger partial charge in [-0.3, -0.25) is 4.79 Å². The number of hydrogen-bond acceptors (Lipinski definition) is 5. The lowest BCUT2D eigenvalue weighted by atomic mass is 10.2. The number of carbonyl (C=O) groups is 1. The molecule has 1 aliphatic rings. The van der Waals surface area contributed by atoms with Gasteiger partial charge < -0.3 is 5.32 Å². The fourth-order valence-corrected chi connectivity index (χ4v) is 5.23. The SMILES string of the molecule is O=C(Nc1ccc2ncsc2c1)c1ccc(S(=O)(=O)N2CCCC2)cc1. The number of hydrogen-bond donors (Lipinski definition) is 1. The monoisotopic (exact) mass is 387 g/mol. The van der Waals surface area contributed by atoms with Crippen LogP contribution in [0.2, 0.25) is 0 Å². The zero-order valence-corrected chi connectivity index (χ0v) is 15.5. The van der Waals surface area contributed by atoms with Crippen LogP contribution in [0, 0.1) is 0 Å². The molecule has 4 rings (SSSR count). The summed E-state index contributed by atoms with van der Waals surface area (Å²) >= 11 is 1.51. The number of carbonyl (C=O) groups excluding carboxylic acids is 1. The van der Waals surface area contributed by atoms with Crippen molar-refractivity contribution in [1.29, 1.82) is 0 Å². The van der Waals surface area contributed by atoms with E-state index in [0.717, 1.165) is 23.1 Å². The Morgan fingerprint density at radius 3 is 2.54 bits per heavy atom. The minimum atomic E-state index is -3.46. The van der Waals surface area contributed by atoms with Crippen LogP contribution in [0.1, 0.15) is 23.2 Å². The summed E-state index contributed by atoms with van der Waals surface area (Å²) < 4.78 is 27.5. The van der Waals surface area contributed by atoms with Crippen LogP contribution < -0.4 is 5.32 Å². The molecule has 1 N–H and O–H groups in total. The number of rotatable bonds is 4. The van der Waals surface area contributed by atoms with Crippen LogP contribution in [0.25, 0.3) is 10.2 Å². The van der Waals surface area contributed by atoms with Gasteiger partial charge in [-0.15, -0.1) is 11.3 Å². The summed E-state index contributed by atoms with van der Waals surface area (Å²) in [5.74, 6) is -0.279. The van der Waals surface area contributed by atoms with Crippen molar-refractivity contribution in [2.75, 3.05) is 18.4 Å². The number of nitrogens with zero attached hydrogens (tertiary/aromatic N) is 2. The number of benzene rings is 2. The van der Waals surface area contributed by atoms with Crippen LogP contribution in [0.3, 0.4) is 0 Å². The molecule has 0 unspecified atom stereocenters. The highest BCUT2D eigenvalue weighted by molar-refractivity contribution is 7.89. The maximum Gasteiger partial charge on any atom is 0.255 e. The van der Waals surface area contributed by atoms with Crippen molar-refractivity contribution in [2.24, 2.45) is 0 Å². The van der Waals surface area contributed by atoms with Crippen LogP contribution in [0.5, 0.6) is 0 Å².